The van der Waals surface area contributed by atoms with E-state index >= 15 is 0 Å². The zero-order valence-corrected chi connectivity index (χ0v) is 10.2. The van der Waals surface area contributed by atoms with Crippen LogP contribution in [0.4, 0.5) is 5.69 Å². The average Bonchev–Trinajstić information content (AvgIpc) is 2.74. The lowest BCUT2D eigenvalue weighted by Crippen LogP contribution is -2.20. The molecule has 1 fully saturated rings. The first-order chi connectivity index (χ1) is 7.27. The second kappa shape index (κ2) is 4.79. The summed E-state index contributed by atoms with van der Waals surface area (Å²) in [6.07, 6.45) is 4.97. The Morgan fingerprint density at radius 1 is 1.27 bits per heavy atom. The molecule has 0 atom stereocenters. The lowest BCUT2D eigenvalue weighted by atomic mass is 10.1. The van der Waals surface area contributed by atoms with Gasteiger partial charge in [-0.2, -0.15) is 0 Å². The first-order valence-corrected chi connectivity index (χ1v) is 6.15. The Labute approximate surface area is 98.7 Å². The molecule has 0 spiro atoms. The molecule has 0 heterocycles. The molecule has 1 aliphatic carbocycles. The van der Waals surface area contributed by atoms with Gasteiger partial charge >= 0.3 is 0 Å². The Kier molecular flexibility index (Phi) is 3.41. The van der Waals surface area contributed by atoms with Crippen LogP contribution in [0.5, 0.6) is 0 Å². The maximum absolute atomic E-state index is 6.01. The summed E-state index contributed by atoms with van der Waals surface area (Å²) < 4.78 is 1.01. The molecule has 0 amide bonds. The van der Waals surface area contributed by atoms with Crippen LogP contribution in [0.1, 0.15) is 25.7 Å². The molecule has 0 unspecified atom stereocenters. The summed E-state index contributed by atoms with van der Waals surface area (Å²) in [7, 11) is 0. The molecule has 2 N–H and O–H groups in total. The van der Waals surface area contributed by atoms with Crippen LogP contribution in [0.3, 0.4) is 0 Å². The van der Waals surface area contributed by atoms with Gasteiger partial charge in [0.2, 0.25) is 0 Å². The van der Waals surface area contributed by atoms with Gasteiger partial charge < -0.3 is 5.73 Å². The van der Waals surface area contributed by atoms with E-state index in [-0.39, 0.29) is 0 Å². The molecule has 1 aromatic carbocycles. The minimum atomic E-state index is 0.497. The van der Waals surface area contributed by atoms with Crippen molar-refractivity contribution in [1.29, 1.82) is 0 Å². The van der Waals surface area contributed by atoms with Crippen molar-refractivity contribution in [1.82, 2.24) is 0 Å². The number of hydrogen-bond donors (Lipinski definition) is 1. The van der Waals surface area contributed by atoms with E-state index < -0.39 is 0 Å². The third-order valence-corrected chi connectivity index (χ3v) is 3.55. The standard InChI is InChI=1S/C12H15BrN2/c13-10-7-3-4-8-11(10)15-12(14)9-5-1-2-6-9/h3-4,7-9H,1-2,5-6H2,(H2,14,15). The summed E-state index contributed by atoms with van der Waals surface area (Å²) in [6.45, 7) is 0. The van der Waals surface area contributed by atoms with E-state index in [0.717, 1.165) is 16.0 Å². The molecule has 80 valence electrons. The molecule has 1 aromatic rings. The maximum Gasteiger partial charge on any atom is 0.103 e. The summed E-state index contributed by atoms with van der Waals surface area (Å²) in [5.41, 5.74) is 6.94. The Morgan fingerprint density at radius 3 is 2.60 bits per heavy atom. The summed E-state index contributed by atoms with van der Waals surface area (Å²) in [4.78, 5) is 4.49. The number of rotatable bonds is 2. The predicted octanol–water partition coefficient (Wildman–Crippen LogP) is 3.63. The van der Waals surface area contributed by atoms with E-state index in [1.54, 1.807) is 0 Å². The fourth-order valence-electron chi connectivity index (χ4n) is 1.99. The summed E-state index contributed by atoms with van der Waals surface area (Å²) >= 11 is 3.47. The number of nitrogens with two attached hydrogens (primary N) is 1. The van der Waals surface area contributed by atoms with Crippen LogP contribution in [-0.4, -0.2) is 5.84 Å². The summed E-state index contributed by atoms with van der Waals surface area (Å²) in [5, 5.41) is 0. The minimum Gasteiger partial charge on any atom is -0.387 e. The average molecular weight is 267 g/mol. The molecule has 2 nitrogen and oxygen atoms in total. The van der Waals surface area contributed by atoms with Gasteiger partial charge in [0.1, 0.15) is 5.84 Å². The molecule has 0 radical (unpaired) electrons. The van der Waals surface area contributed by atoms with Gasteiger partial charge in [-0.3, -0.25) is 0 Å². The molecule has 2 rings (SSSR count). The maximum atomic E-state index is 6.01. The highest BCUT2D eigenvalue weighted by atomic mass is 79.9. The van der Waals surface area contributed by atoms with E-state index in [1.807, 2.05) is 24.3 Å². The van der Waals surface area contributed by atoms with Gasteiger partial charge in [-0.15, -0.1) is 0 Å². The molecule has 1 saturated carbocycles. The smallest absolute Gasteiger partial charge is 0.103 e. The van der Waals surface area contributed by atoms with E-state index in [0.29, 0.717) is 5.92 Å². The van der Waals surface area contributed by atoms with Gasteiger partial charge in [0, 0.05) is 10.4 Å². The molecule has 0 aliphatic heterocycles. The fraction of sp³-hybridized carbons (Fsp3) is 0.417. The van der Waals surface area contributed by atoms with Gasteiger partial charge in [0.25, 0.3) is 0 Å². The molecule has 15 heavy (non-hydrogen) atoms. The lowest BCUT2D eigenvalue weighted by molar-refractivity contribution is 0.722. The summed E-state index contributed by atoms with van der Waals surface area (Å²) in [5.74, 6) is 1.29. The molecule has 0 saturated heterocycles. The van der Waals surface area contributed by atoms with Crippen LogP contribution in [0.15, 0.2) is 33.7 Å². The molecule has 0 aromatic heterocycles. The number of benzene rings is 1. The monoisotopic (exact) mass is 266 g/mol. The van der Waals surface area contributed by atoms with E-state index in [1.165, 1.54) is 25.7 Å². The van der Waals surface area contributed by atoms with Crippen molar-refractivity contribution in [2.75, 3.05) is 0 Å². The molecule has 0 bridgehead atoms. The molecule has 1 aliphatic rings. The van der Waals surface area contributed by atoms with Crippen LogP contribution in [0.25, 0.3) is 0 Å². The van der Waals surface area contributed by atoms with Gasteiger partial charge in [-0.25, -0.2) is 4.99 Å². The van der Waals surface area contributed by atoms with Crippen LogP contribution in [-0.2, 0) is 0 Å². The van der Waals surface area contributed by atoms with Crippen LogP contribution < -0.4 is 5.73 Å². The summed E-state index contributed by atoms with van der Waals surface area (Å²) in [6, 6.07) is 7.92. The lowest BCUT2D eigenvalue weighted by Gasteiger charge is -2.08. The fourth-order valence-corrected chi connectivity index (χ4v) is 2.37. The predicted molar refractivity (Wildman–Crippen MR) is 67.4 cm³/mol. The number of aliphatic imine (C=N–C) groups is 1. The van der Waals surface area contributed by atoms with Gasteiger partial charge in [-0.05, 0) is 40.9 Å². The van der Waals surface area contributed by atoms with E-state index in [2.05, 4.69) is 20.9 Å². The van der Waals surface area contributed by atoms with Gasteiger partial charge in [0.15, 0.2) is 0 Å². The Hall–Kier alpha value is -0.830. The quantitative estimate of drug-likeness (QED) is 0.645. The van der Waals surface area contributed by atoms with Crippen LogP contribution in [0, 0.1) is 5.92 Å². The Morgan fingerprint density at radius 2 is 1.93 bits per heavy atom. The number of para-hydroxylation sites is 1. The first-order valence-electron chi connectivity index (χ1n) is 5.36. The molecule has 3 heteroatoms. The minimum absolute atomic E-state index is 0.497. The van der Waals surface area contributed by atoms with Crippen molar-refractivity contribution >= 4 is 27.5 Å². The zero-order chi connectivity index (χ0) is 10.7. The highest BCUT2D eigenvalue weighted by Gasteiger charge is 2.18. The Bertz CT molecular complexity index is 368. The zero-order valence-electron chi connectivity index (χ0n) is 8.62. The number of amidine groups is 1. The van der Waals surface area contributed by atoms with Crippen molar-refractivity contribution in [3.05, 3.63) is 28.7 Å². The van der Waals surface area contributed by atoms with Gasteiger partial charge in [-0.1, -0.05) is 25.0 Å². The molecular formula is C12H15BrN2. The normalized spacial score (nSPS) is 18.3. The highest BCUT2D eigenvalue weighted by molar-refractivity contribution is 9.10. The van der Waals surface area contributed by atoms with Crippen LogP contribution >= 0.6 is 15.9 Å². The van der Waals surface area contributed by atoms with Crippen molar-refractivity contribution in [2.45, 2.75) is 25.7 Å². The first kappa shape index (κ1) is 10.7. The van der Waals surface area contributed by atoms with Crippen LogP contribution in [0.2, 0.25) is 0 Å². The van der Waals surface area contributed by atoms with E-state index in [4.69, 9.17) is 5.73 Å². The topological polar surface area (TPSA) is 38.4 Å². The largest absolute Gasteiger partial charge is 0.387 e. The Balaban J connectivity index is 2.18. The second-order valence-corrected chi connectivity index (χ2v) is 4.82. The number of hydrogen-bond acceptors (Lipinski definition) is 1. The van der Waals surface area contributed by atoms with Crippen molar-refractivity contribution in [3.63, 3.8) is 0 Å². The third kappa shape index (κ3) is 2.59. The van der Waals surface area contributed by atoms with Crippen molar-refractivity contribution in [2.24, 2.45) is 16.6 Å². The SMILES string of the molecule is NC(=Nc1ccccc1Br)C1CCCC1. The van der Waals surface area contributed by atoms with Crippen molar-refractivity contribution < 1.29 is 0 Å². The van der Waals surface area contributed by atoms with Crippen molar-refractivity contribution in [3.8, 4) is 0 Å². The highest BCUT2D eigenvalue weighted by Crippen LogP contribution is 2.28. The number of nitrogens with zero attached hydrogens (tertiary/aromatic N) is 1. The van der Waals surface area contributed by atoms with E-state index in [9.17, 15) is 0 Å². The second-order valence-electron chi connectivity index (χ2n) is 3.97. The molecular weight excluding hydrogens is 252 g/mol. The van der Waals surface area contributed by atoms with Gasteiger partial charge in [0.05, 0.1) is 5.69 Å². The third-order valence-electron chi connectivity index (χ3n) is 2.88. The number of halogens is 1.